The minimum atomic E-state index is -0.741. The van der Waals surface area contributed by atoms with Gasteiger partial charge in [0, 0.05) is 0 Å². The van der Waals surface area contributed by atoms with Crippen molar-refractivity contribution < 1.29 is 23.7 Å². The molecular formula is C16H17FO4. The second kappa shape index (κ2) is 6.45. The predicted octanol–water partition coefficient (Wildman–Crippen LogP) is 3.69. The molecule has 0 aliphatic rings. The Kier molecular flexibility index (Phi) is 4.65. The molecule has 2 rings (SSSR count). The maximum absolute atomic E-state index is 14.0. The highest BCUT2D eigenvalue weighted by atomic mass is 19.1. The molecule has 0 aromatic heterocycles. The van der Waals surface area contributed by atoms with E-state index < -0.39 is 11.9 Å². The van der Waals surface area contributed by atoms with Gasteiger partial charge in [0.05, 0.1) is 20.3 Å². The summed E-state index contributed by atoms with van der Waals surface area (Å²) in [5, 5.41) is 9.45. The molecule has 0 spiro atoms. The Morgan fingerprint density at radius 2 is 1.62 bits per heavy atom. The van der Waals surface area contributed by atoms with Crippen molar-refractivity contribution in [1.82, 2.24) is 0 Å². The maximum Gasteiger partial charge on any atom is 0.211 e. The third-order valence-electron chi connectivity index (χ3n) is 3.03. The van der Waals surface area contributed by atoms with Crippen molar-refractivity contribution in [2.75, 3.05) is 14.2 Å². The van der Waals surface area contributed by atoms with Gasteiger partial charge in [0.25, 0.3) is 0 Å². The molecule has 4 nitrogen and oxygen atoms in total. The van der Waals surface area contributed by atoms with Gasteiger partial charge in [-0.15, -0.1) is 0 Å². The molecule has 0 saturated carbocycles. The van der Waals surface area contributed by atoms with Gasteiger partial charge in [-0.1, -0.05) is 12.1 Å². The van der Waals surface area contributed by atoms with E-state index in [-0.39, 0.29) is 5.75 Å². The molecule has 0 amide bonds. The first-order chi connectivity index (χ1) is 10.1. The molecule has 0 saturated heterocycles. The number of aliphatic hydroxyl groups excluding tert-OH is 1. The van der Waals surface area contributed by atoms with Crippen LogP contribution in [0.3, 0.4) is 0 Å². The first-order valence-electron chi connectivity index (χ1n) is 6.43. The fourth-order valence-electron chi connectivity index (χ4n) is 1.89. The third-order valence-corrected chi connectivity index (χ3v) is 3.03. The van der Waals surface area contributed by atoms with Gasteiger partial charge in [0.1, 0.15) is 0 Å². The average Bonchev–Trinajstić information content (AvgIpc) is 2.49. The maximum atomic E-state index is 14.0. The van der Waals surface area contributed by atoms with E-state index in [9.17, 15) is 9.50 Å². The normalized spacial score (nSPS) is 11.9. The molecule has 21 heavy (non-hydrogen) atoms. The lowest BCUT2D eigenvalue weighted by Gasteiger charge is -2.15. The van der Waals surface area contributed by atoms with E-state index in [1.54, 1.807) is 31.2 Å². The second-order valence-electron chi connectivity index (χ2n) is 4.46. The van der Waals surface area contributed by atoms with Crippen LogP contribution in [-0.2, 0) is 0 Å². The van der Waals surface area contributed by atoms with E-state index >= 15 is 0 Å². The van der Waals surface area contributed by atoms with E-state index in [2.05, 4.69) is 0 Å². The summed E-state index contributed by atoms with van der Waals surface area (Å²) >= 11 is 0. The fraction of sp³-hybridized carbons (Fsp3) is 0.250. The molecule has 0 radical (unpaired) electrons. The summed E-state index contributed by atoms with van der Waals surface area (Å²) in [5.74, 6) is 0.636. The minimum Gasteiger partial charge on any atom is -0.493 e. The molecule has 1 atom stereocenters. The van der Waals surface area contributed by atoms with Gasteiger partial charge in [-0.05, 0) is 36.8 Å². The van der Waals surface area contributed by atoms with Crippen LogP contribution in [0, 0.1) is 5.82 Å². The molecule has 0 bridgehead atoms. The summed E-state index contributed by atoms with van der Waals surface area (Å²) < 4.78 is 30.0. The number of aliphatic hydroxyl groups is 1. The Morgan fingerprint density at radius 3 is 2.10 bits per heavy atom. The summed E-state index contributed by atoms with van der Waals surface area (Å²) in [4.78, 5) is 0. The van der Waals surface area contributed by atoms with Gasteiger partial charge < -0.3 is 19.3 Å². The lowest BCUT2D eigenvalue weighted by Crippen LogP contribution is -1.97. The zero-order valence-corrected chi connectivity index (χ0v) is 12.1. The fourth-order valence-corrected chi connectivity index (χ4v) is 1.89. The Bertz CT molecular complexity index is 603. The standard InChI is InChI=1S/C16H17FO4/c1-10(18)11-7-8-13(12(17)9-11)21-16-14(19-2)5-4-6-15(16)20-3/h4-10,18H,1-3H3/t10-/m0/s1. The third kappa shape index (κ3) is 3.25. The van der Waals surface area contributed by atoms with Gasteiger partial charge in [-0.3, -0.25) is 0 Å². The highest BCUT2D eigenvalue weighted by molar-refractivity contribution is 5.53. The zero-order chi connectivity index (χ0) is 15.4. The van der Waals surface area contributed by atoms with Crippen molar-refractivity contribution in [1.29, 1.82) is 0 Å². The molecule has 0 fully saturated rings. The van der Waals surface area contributed by atoms with E-state index in [0.29, 0.717) is 22.8 Å². The summed E-state index contributed by atoms with van der Waals surface area (Å²) in [5.41, 5.74) is 0.479. The quantitative estimate of drug-likeness (QED) is 0.913. The second-order valence-corrected chi connectivity index (χ2v) is 4.46. The number of halogens is 1. The van der Waals surface area contributed by atoms with Crippen LogP contribution in [0.15, 0.2) is 36.4 Å². The summed E-state index contributed by atoms with van der Waals surface area (Å²) in [6.45, 7) is 1.57. The molecule has 5 heteroatoms. The first kappa shape index (κ1) is 15.1. The summed E-state index contributed by atoms with van der Waals surface area (Å²) in [6.07, 6.45) is -0.741. The predicted molar refractivity (Wildman–Crippen MR) is 76.7 cm³/mol. The van der Waals surface area contributed by atoms with Crippen molar-refractivity contribution in [3.8, 4) is 23.0 Å². The SMILES string of the molecule is COc1cccc(OC)c1Oc1ccc([C@H](C)O)cc1F. The van der Waals surface area contributed by atoms with Gasteiger partial charge in [0.15, 0.2) is 23.1 Å². The topological polar surface area (TPSA) is 47.9 Å². The average molecular weight is 292 g/mol. The van der Waals surface area contributed by atoms with E-state index in [1.807, 2.05) is 0 Å². The molecular weight excluding hydrogens is 275 g/mol. The van der Waals surface area contributed by atoms with Crippen molar-refractivity contribution >= 4 is 0 Å². The van der Waals surface area contributed by atoms with Gasteiger partial charge in [0.2, 0.25) is 5.75 Å². The number of rotatable bonds is 5. The van der Waals surface area contributed by atoms with Crippen molar-refractivity contribution in [3.63, 3.8) is 0 Å². The van der Waals surface area contributed by atoms with Crippen LogP contribution in [0.5, 0.6) is 23.0 Å². The molecule has 112 valence electrons. The summed E-state index contributed by atoms with van der Waals surface area (Å²) in [7, 11) is 2.99. The number of hydrogen-bond donors (Lipinski definition) is 1. The minimum absolute atomic E-state index is 0.0298. The van der Waals surface area contributed by atoms with Crippen LogP contribution in [-0.4, -0.2) is 19.3 Å². The zero-order valence-electron chi connectivity index (χ0n) is 12.1. The van der Waals surface area contributed by atoms with Crippen LogP contribution in [0.25, 0.3) is 0 Å². The van der Waals surface area contributed by atoms with Crippen molar-refractivity contribution in [3.05, 3.63) is 47.8 Å². The molecule has 1 N–H and O–H groups in total. The number of hydrogen-bond acceptors (Lipinski definition) is 4. The molecule has 0 aliphatic carbocycles. The van der Waals surface area contributed by atoms with E-state index in [4.69, 9.17) is 14.2 Å². The number of benzene rings is 2. The van der Waals surface area contributed by atoms with E-state index in [0.717, 1.165) is 0 Å². The molecule has 0 unspecified atom stereocenters. The molecule has 0 heterocycles. The Hall–Kier alpha value is -2.27. The largest absolute Gasteiger partial charge is 0.493 e. The Morgan fingerprint density at radius 1 is 1.00 bits per heavy atom. The molecule has 0 aliphatic heterocycles. The van der Waals surface area contributed by atoms with Crippen LogP contribution in [0.1, 0.15) is 18.6 Å². The van der Waals surface area contributed by atoms with Crippen molar-refractivity contribution in [2.45, 2.75) is 13.0 Å². The van der Waals surface area contributed by atoms with Gasteiger partial charge in [-0.25, -0.2) is 4.39 Å². The lowest BCUT2D eigenvalue weighted by molar-refractivity contribution is 0.198. The van der Waals surface area contributed by atoms with Crippen LogP contribution in [0.4, 0.5) is 4.39 Å². The summed E-state index contributed by atoms with van der Waals surface area (Å²) in [6, 6.07) is 9.44. The smallest absolute Gasteiger partial charge is 0.211 e. The lowest BCUT2D eigenvalue weighted by atomic mass is 10.1. The first-order valence-corrected chi connectivity index (χ1v) is 6.43. The van der Waals surface area contributed by atoms with Crippen LogP contribution in [0.2, 0.25) is 0 Å². The van der Waals surface area contributed by atoms with E-state index in [1.165, 1.54) is 26.4 Å². The monoisotopic (exact) mass is 292 g/mol. The number of methoxy groups -OCH3 is 2. The molecule has 2 aromatic carbocycles. The van der Waals surface area contributed by atoms with Crippen molar-refractivity contribution in [2.24, 2.45) is 0 Å². The highest BCUT2D eigenvalue weighted by Crippen LogP contribution is 2.40. The Labute approximate surface area is 122 Å². The van der Waals surface area contributed by atoms with Gasteiger partial charge >= 0.3 is 0 Å². The highest BCUT2D eigenvalue weighted by Gasteiger charge is 2.15. The molecule has 2 aromatic rings. The number of para-hydroxylation sites is 1. The number of ether oxygens (including phenoxy) is 3. The van der Waals surface area contributed by atoms with Crippen LogP contribution < -0.4 is 14.2 Å². The van der Waals surface area contributed by atoms with Gasteiger partial charge in [-0.2, -0.15) is 0 Å². The Balaban J connectivity index is 2.38. The van der Waals surface area contributed by atoms with Crippen LogP contribution >= 0.6 is 0 Å².